The van der Waals surface area contributed by atoms with Gasteiger partial charge in [0.15, 0.2) is 0 Å². The zero-order chi connectivity index (χ0) is 11.4. The SMILES string of the molecule is O=C(O)CNCCc1cccc2[nH]ccc12. The van der Waals surface area contributed by atoms with E-state index in [-0.39, 0.29) is 6.54 Å². The second kappa shape index (κ2) is 4.81. The number of benzene rings is 1. The molecule has 0 unspecified atom stereocenters. The number of nitrogens with one attached hydrogen (secondary N) is 2. The molecule has 1 aromatic heterocycles. The standard InChI is InChI=1S/C12H14N2O2/c15-12(16)8-13-6-4-9-2-1-3-11-10(9)5-7-14-11/h1-3,5,7,13-14H,4,6,8H2,(H,15,16). The lowest BCUT2D eigenvalue weighted by molar-refractivity contribution is -0.135. The Morgan fingerprint density at radius 3 is 3.06 bits per heavy atom. The topological polar surface area (TPSA) is 65.1 Å². The third kappa shape index (κ3) is 2.41. The molecule has 1 heterocycles. The van der Waals surface area contributed by atoms with Gasteiger partial charge in [-0.1, -0.05) is 12.1 Å². The van der Waals surface area contributed by atoms with Crippen molar-refractivity contribution in [3.05, 3.63) is 36.0 Å². The Hall–Kier alpha value is -1.81. The van der Waals surface area contributed by atoms with Gasteiger partial charge in [-0.25, -0.2) is 0 Å². The highest BCUT2D eigenvalue weighted by atomic mass is 16.4. The molecule has 1 aromatic carbocycles. The lowest BCUT2D eigenvalue weighted by Gasteiger charge is -2.04. The van der Waals surface area contributed by atoms with E-state index in [0.29, 0.717) is 6.54 Å². The molecule has 0 aliphatic carbocycles. The van der Waals surface area contributed by atoms with Crippen molar-refractivity contribution in [2.24, 2.45) is 0 Å². The van der Waals surface area contributed by atoms with Crippen LogP contribution in [0.5, 0.6) is 0 Å². The fourth-order valence-corrected chi connectivity index (χ4v) is 1.79. The lowest BCUT2D eigenvalue weighted by Crippen LogP contribution is -2.24. The average Bonchev–Trinajstić information content (AvgIpc) is 2.72. The maximum absolute atomic E-state index is 10.3. The van der Waals surface area contributed by atoms with Crippen molar-refractivity contribution < 1.29 is 9.90 Å². The molecule has 2 aromatic rings. The van der Waals surface area contributed by atoms with E-state index in [1.165, 1.54) is 10.9 Å². The zero-order valence-corrected chi connectivity index (χ0v) is 8.86. The van der Waals surface area contributed by atoms with Gasteiger partial charge in [0.1, 0.15) is 0 Å². The van der Waals surface area contributed by atoms with Gasteiger partial charge < -0.3 is 15.4 Å². The third-order valence-electron chi connectivity index (χ3n) is 2.53. The number of hydrogen-bond acceptors (Lipinski definition) is 2. The summed E-state index contributed by atoms with van der Waals surface area (Å²) in [5.74, 6) is -0.820. The quantitative estimate of drug-likeness (QED) is 0.664. The van der Waals surface area contributed by atoms with E-state index in [2.05, 4.69) is 16.4 Å². The first-order valence-corrected chi connectivity index (χ1v) is 5.25. The molecule has 84 valence electrons. The first-order valence-electron chi connectivity index (χ1n) is 5.25. The summed E-state index contributed by atoms with van der Waals surface area (Å²) in [4.78, 5) is 13.5. The first-order chi connectivity index (χ1) is 7.77. The van der Waals surface area contributed by atoms with Crippen molar-refractivity contribution in [2.75, 3.05) is 13.1 Å². The Morgan fingerprint density at radius 2 is 2.25 bits per heavy atom. The maximum atomic E-state index is 10.3. The fraction of sp³-hybridized carbons (Fsp3) is 0.250. The number of carboxylic acids is 1. The number of fused-ring (bicyclic) bond motifs is 1. The van der Waals surface area contributed by atoms with Gasteiger partial charge in [-0.3, -0.25) is 4.79 Å². The zero-order valence-electron chi connectivity index (χ0n) is 8.86. The van der Waals surface area contributed by atoms with Crippen molar-refractivity contribution in [3.63, 3.8) is 0 Å². The summed E-state index contributed by atoms with van der Waals surface area (Å²) in [5.41, 5.74) is 2.35. The Balaban J connectivity index is 1.98. The highest BCUT2D eigenvalue weighted by molar-refractivity contribution is 5.82. The third-order valence-corrected chi connectivity index (χ3v) is 2.53. The monoisotopic (exact) mass is 218 g/mol. The number of hydrogen-bond donors (Lipinski definition) is 3. The van der Waals surface area contributed by atoms with Gasteiger partial charge in [0.25, 0.3) is 0 Å². The van der Waals surface area contributed by atoms with Gasteiger partial charge in [-0.05, 0) is 30.7 Å². The van der Waals surface area contributed by atoms with Crippen LogP contribution < -0.4 is 5.32 Å². The van der Waals surface area contributed by atoms with Crippen molar-refractivity contribution in [1.29, 1.82) is 0 Å². The van der Waals surface area contributed by atoms with E-state index in [1.54, 1.807) is 0 Å². The van der Waals surface area contributed by atoms with Gasteiger partial charge >= 0.3 is 5.97 Å². The van der Waals surface area contributed by atoms with Gasteiger partial charge in [-0.2, -0.15) is 0 Å². The van der Waals surface area contributed by atoms with Crippen LogP contribution >= 0.6 is 0 Å². The molecule has 0 fully saturated rings. The molecule has 0 saturated carbocycles. The summed E-state index contributed by atoms with van der Waals surface area (Å²) in [7, 11) is 0. The smallest absolute Gasteiger partial charge is 0.317 e. The van der Waals surface area contributed by atoms with Crippen molar-refractivity contribution in [2.45, 2.75) is 6.42 Å². The molecule has 0 atom stereocenters. The Bertz CT molecular complexity index is 490. The minimum atomic E-state index is -0.820. The normalized spacial score (nSPS) is 10.8. The van der Waals surface area contributed by atoms with Crippen LogP contribution in [0.1, 0.15) is 5.56 Å². The highest BCUT2D eigenvalue weighted by Gasteiger charge is 2.01. The highest BCUT2D eigenvalue weighted by Crippen LogP contribution is 2.17. The number of aliphatic carboxylic acids is 1. The molecule has 0 spiro atoms. The van der Waals surface area contributed by atoms with E-state index >= 15 is 0 Å². The summed E-state index contributed by atoms with van der Waals surface area (Å²) >= 11 is 0. The molecule has 16 heavy (non-hydrogen) atoms. The van der Waals surface area contributed by atoms with Crippen LogP contribution in [0, 0.1) is 0 Å². The molecule has 0 aliphatic heterocycles. The summed E-state index contributed by atoms with van der Waals surface area (Å²) in [5, 5.41) is 12.6. The molecule has 3 N–H and O–H groups in total. The lowest BCUT2D eigenvalue weighted by atomic mass is 10.1. The van der Waals surface area contributed by atoms with Gasteiger partial charge in [0, 0.05) is 17.1 Å². The van der Waals surface area contributed by atoms with Gasteiger partial charge in [0.05, 0.1) is 6.54 Å². The van der Waals surface area contributed by atoms with Crippen molar-refractivity contribution in [1.82, 2.24) is 10.3 Å². The van der Waals surface area contributed by atoms with Crippen LogP contribution in [-0.2, 0) is 11.2 Å². The van der Waals surface area contributed by atoms with Gasteiger partial charge in [-0.15, -0.1) is 0 Å². The largest absolute Gasteiger partial charge is 0.480 e. The van der Waals surface area contributed by atoms with E-state index in [9.17, 15) is 4.79 Å². The van der Waals surface area contributed by atoms with Crippen LogP contribution in [0.2, 0.25) is 0 Å². The number of carbonyl (C=O) groups is 1. The van der Waals surface area contributed by atoms with E-state index in [0.717, 1.165) is 11.9 Å². The molecule has 4 heteroatoms. The molecule has 0 aliphatic rings. The van der Waals surface area contributed by atoms with E-state index < -0.39 is 5.97 Å². The summed E-state index contributed by atoms with van der Waals surface area (Å²) in [6.07, 6.45) is 2.75. The number of aromatic nitrogens is 1. The molecule has 0 radical (unpaired) electrons. The van der Waals surface area contributed by atoms with Crippen LogP contribution in [0.15, 0.2) is 30.5 Å². The number of aromatic amines is 1. The van der Waals surface area contributed by atoms with Crippen LogP contribution in [-0.4, -0.2) is 29.1 Å². The molecular weight excluding hydrogens is 204 g/mol. The Kier molecular flexibility index (Phi) is 3.22. The predicted molar refractivity (Wildman–Crippen MR) is 62.5 cm³/mol. The second-order valence-corrected chi connectivity index (χ2v) is 3.68. The first kappa shape index (κ1) is 10.7. The van der Waals surface area contributed by atoms with E-state index in [1.807, 2.05) is 24.4 Å². The molecule has 2 rings (SSSR count). The second-order valence-electron chi connectivity index (χ2n) is 3.68. The average molecular weight is 218 g/mol. The number of carboxylic acid groups (broad SMARTS) is 1. The summed E-state index contributed by atoms with van der Waals surface area (Å²) < 4.78 is 0. The van der Waals surface area contributed by atoms with Gasteiger partial charge in [0.2, 0.25) is 0 Å². The van der Waals surface area contributed by atoms with Crippen LogP contribution in [0.3, 0.4) is 0 Å². The minimum Gasteiger partial charge on any atom is -0.480 e. The molecular formula is C12H14N2O2. The van der Waals surface area contributed by atoms with Crippen molar-refractivity contribution in [3.8, 4) is 0 Å². The molecule has 4 nitrogen and oxygen atoms in total. The summed E-state index contributed by atoms with van der Waals surface area (Å²) in [6, 6.07) is 8.15. The number of rotatable bonds is 5. The van der Waals surface area contributed by atoms with E-state index in [4.69, 9.17) is 5.11 Å². The maximum Gasteiger partial charge on any atom is 0.317 e. The number of H-pyrrole nitrogens is 1. The van der Waals surface area contributed by atoms with Crippen LogP contribution in [0.25, 0.3) is 10.9 Å². The Labute approximate surface area is 93.3 Å². The fourth-order valence-electron chi connectivity index (χ4n) is 1.79. The Morgan fingerprint density at radius 1 is 1.38 bits per heavy atom. The molecule has 0 bridgehead atoms. The molecule has 0 amide bonds. The predicted octanol–water partition coefficient (Wildman–Crippen LogP) is 1.38. The molecule has 0 saturated heterocycles. The minimum absolute atomic E-state index is 0.0170. The van der Waals surface area contributed by atoms with Crippen molar-refractivity contribution >= 4 is 16.9 Å². The summed E-state index contributed by atoms with van der Waals surface area (Å²) in [6.45, 7) is 0.694. The van der Waals surface area contributed by atoms with Crippen LogP contribution in [0.4, 0.5) is 0 Å².